The Morgan fingerprint density at radius 2 is 1.95 bits per heavy atom. The highest BCUT2D eigenvalue weighted by molar-refractivity contribution is 7.91. The van der Waals surface area contributed by atoms with Crippen molar-refractivity contribution < 1.29 is 16.8 Å². The molecule has 1 atom stereocenters. The second kappa shape index (κ2) is 7.08. The van der Waals surface area contributed by atoms with Crippen molar-refractivity contribution in [2.24, 2.45) is 5.92 Å². The van der Waals surface area contributed by atoms with Crippen LogP contribution in [-0.2, 0) is 19.9 Å². The molecule has 124 valence electrons. The maximum Gasteiger partial charge on any atom is 0.240 e. The Morgan fingerprint density at radius 3 is 2.59 bits per heavy atom. The van der Waals surface area contributed by atoms with E-state index in [0.717, 1.165) is 25.9 Å². The maximum atomic E-state index is 12.3. The summed E-state index contributed by atoms with van der Waals surface area (Å²) >= 11 is 0. The predicted octanol–water partition coefficient (Wildman–Crippen LogP) is 0.758. The van der Waals surface area contributed by atoms with Crippen molar-refractivity contribution in [2.75, 3.05) is 25.4 Å². The van der Waals surface area contributed by atoms with Crippen molar-refractivity contribution in [2.45, 2.75) is 29.6 Å². The third kappa shape index (κ3) is 4.28. The molecule has 0 radical (unpaired) electrons. The number of hydrogen-bond acceptors (Lipinski definition) is 5. The molecule has 0 aromatic heterocycles. The van der Waals surface area contributed by atoms with Gasteiger partial charge in [0.1, 0.15) is 0 Å². The molecular formula is C14H22N2O4S2. The Labute approximate surface area is 132 Å². The van der Waals surface area contributed by atoms with Crippen molar-refractivity contribution in [3.63, 3.8) is 0 Å². The number of hydrogen-bond donors (Lipinski definition) is 2. The lowest BCUT2D eigenvalue weighted by Gasteiger charge is -2.11. The molecule has 1 fully saturated rings. The van der Waals surface area contributed by atoms with Crippen molar-refractivity contribution in [1.29, 1.82) is 0 Å². The van der Waals surface area contributed by atoms with Crippen LogP contribution in [0.5, 0.6) is 0 Å². The highest BCUT2D eigenvalue weighted by atomic mass is 32.2. The molecular weight excluding hydrogens is 324 g/mol. The zero-order valence-electron chi connectivity index (χ0n) is 12.6. The molecule has 0 saturated carbocycles. The molecule has 1 aliphatic heterocycles. The van der Waals surface area contributed by atoms with Gasteiger partial charge >= 0.3 is 0 Å². The summed E-state index contributed by atoms with van der Waals surface area (Å²) in [6, 6.07) is 5.51. The van der Waals surface area contributed by atoms with E-state index in [4.69, 9.17) is 0 Å². The van der Waals surface area contributed by atoms with Gasteiger partial charge in [-0.1, -0.05) is 13.0 Å². The maximum absolute atomic E-state index is 12.3. The Balaban J connectivity index is 2.07. The third-order valence-corrected chi connectivity index (χ3v) is 7.05. The summed E-state index contributed by atoms with van der Waals surface area (Å²) in [7, 11) is -7.09. The van der Waals surface area contributed by atoms with Crippen molar-refractivity contribution >= 4 is 19.9 Å². The van der Waals surface area contributed by atoms with Crippen LogP contribution in [0.1, 0.15) is 19.8 Å². The quantitative estimate of drug-likeness (QED) is 0.760. The fraction of sp³-hybridized carbons (Fsp3) is 0.571. The van der Waals surface area contributed by atoms with Gasteiger partial charge in [-0.2, -0.15) is 0 Å². The molecule has 8 heteroatoms. The van der Waals surface area contributed by atoms with E-state index in [1.165, 1.54) is 31.2 Å². The molecule has 1 heterocycles. The second-order valence-electron chi connectivity index (χ2n) is 5.42. The second-order valence-corrected chi connectivity index (χ2v) is 9.47. The molecule has 1 unspecified atom stereocenters. The topological polar surface area (TPSA) is 92.3 Å². The van der Waals surface area contributed by atoms with Crippen LogP contribution in [0.15, 0.2) is 34.1 Å². The summed E-state index contributed by atoms with van der Waals surface area (Å²) < 4.78 is 50.7. The zero-order valence-corrected chi connectivity index (χ0v) is 14.2. The van der Waals surface area contributed by atoms with Crippen LogP contribution in [0.4, 0.5) is 0 Å². The molecule has 0 spiro atoms. The smallest absolute Gasteiger partial charge is 0.240 e. The third-order valence-electron chi connectivity index (χ3n) is 3.86. The lowest BCUT2D eigenvalue weighted by atomic mass is 10.1. The fourth-order valence-electron chi connectivity index (χ4n) is 2.44. The van der Waals surface area contributed by atoms with Gasteiger partial charge in [-0.15, -0.1) is 0 Å². The Bertz CT molecular complexity index is 708. The normalized spacial score (nSPS) is 19.4. The molecule has 1 aromatic rings. The van der Waals surface area contributed by atoms with Gasteiger partial charge in [0, 0.05) is 6.54 Å². The number of benzene rings is 1. The average Bonchev–Trinajstić information content (AvgIpc) is 3.00. The Kier molecular flexibility index (Phi) is 5.60. The van der Waals surface area contributed by atoms with E-state index >= 15 is 0 Å². The van der Waals surface area contributed by atoms with E-state index in [1.807, 2.05) is 0 Å². The molecule has 2 N–H and O–H groups in total. The molecule has 6 nitrogen and oxygen atoms in total. The van der Waals surface area contributed by atoms with Crippen LogP contribution in [0.3, 0.4) is 0 Å². The first-order valence-corrected chi connectivity index (χ1v) is 10.5. The molecule has 0 bridgehead atoms. The summed E-state index contributed by atoms with van der Waals surface area (Å²) in [6.45, 7) is 3.80. The van der Waals surface area contributed by atoms with Crippen molar-refractivity contribution in [3.05, 3.63) is 24.3 Å². The number of nitrogens with one attached hydrogen (secondary N) is 2. The van der Waals surface area contributed by atoms with Crippen molar-refractivity contribution in [1.82, 2.24) is 10.0 Å². The lowest BCUT2D eigenvalue weighted by Crippen LogP contribution is -2.26. The van der Waals surface area contributed by atoms with E-state index in [1.54, 1.807) is 0 Å². The minimum atomic E-state index is -3.68. The van der Waals surface area contributed by atoms with E-state index in [0.29, 0.717) is 12.5 Å². The van der Waals surface area contributed by atoms with Crippen LogP contribution in [-0.4, -0.2) is 42.2 Å². The van der Waals surface area contributed by atoms with Gasteiger partial charge in [-0.05, 0) is 50.0 Å². The van der Waals surface area contributed by atoms with Crippen LogP contribution in [0.2, 0.25) is 0 Å². The summed E-state index contributed by atoms with van der Waals surface area (Å²) in [4.78, 5) is 0.0319. The van der Waals surface area contributed by atoms with Gasteiger partial charge in [0.15, 0.2) is 9.84 Å². The molecule has 0 amide bonds. The lowest BCUT2D eigenvalue weighted by molar-refractivity contribution is 0.519. The van der Waals surface area contributed by atoms with E-state index < -0.39 is 19.9 Å². The molecule has 1 aromatic carbocycles. The predicted molar refractivity (Wildman–Crippen MR) is 85.0 cm³/mol. The minimum absolute atomic E-state index is 0.00780. The highest BCUT2D eigenvalue weighted by Crippen LogP contribution is 2.17. The van der Waals surface area contributed by atoms with E-state index in [9.17, 15) is 16.8 Å². The SMILES string of the molecule is CCS(=O)(=O)c1cccc(S(=O)(=O)NCCC2CCNC2)c1. The van der Waals surface area contributed by atoms with E-state index in [-0.39, 0.29) is 15.5 Å². The minimum Gasteiger partial charge on any atom is -0.316 e. The molecule has 0 aliphatic carbocycles. The highest BCUT2D eigenvalue weighted by Gasteiger charge is 2.19. The number of rotatable bonds is 7. The van der Waals surface area contributed by atoms with Gasteiger partial charge < -0.3 is 5.32 Å². The van der Waals surface area contributed by atoms with Gasteiger partial charge in [0.2, 0.25) is 10.0 Å². The molecule has 2 rings (SSSR count). The summed E-state index contributed by atoms with van der Waals surface area (Å²) in [5, 5.41) is 3.24. The first-order chi connectivity index (χ1) is 10.3. The summed E-state index contributed by atoms with van der Waals surface area (Å²) in [5.74, 6) is 0.438. The Morgan fingerprint density at radius 1 is 1.23 bits per heavy atom. The fourth-order valence-corrected chi connectivity index (χ4v) is 4.54. The molecule has 1 saturated heterocycles. The average molecular weight is 346 g/mol. The van der Waals surface area contributed by atoms with Gasteiger partial charge in [-0.3, -0.25) is 0 Å². The van der Waals surface area contributed by atoms with Gasteiger partial charge in [0.25, 0.3) is 0 Å². The van der Waals surface area contributed by atoms with Crippen LogP contribution >= 0.6 is 0 Å². The number of sulfonamides is 1. The van der Waals surface area contributed by atoms with Gasteiger partial charge in [0.05, 0.1) is 15.5 Å². The molecule has 22 heavy (non-hydrogen) atoms. The standard InChI is InChI=1S/C14H22N2O4S2/c1-2-21(17,18)13-4-3-5-14(10-13)22(19,20)16-9-7-12-6-8-15-11-12/h3-5,10,12,15-16H,2,6-9,11H2,1H3. The first kappa shape index (κ1) is 17.4. The van der Waals surface area contributed by atoms with Gasteiger partial charge in [-0.25, -0.2) is 21.6 Å². The van der Waals surface area contributed by atoms with Crippen molar-refractivity contribution in [3.8, 4) is 0 Å². The first-order valence-electron chi connectivity index (χ1n) is 7.38. The van der Waals surface area contributed by atoms with Crippen LogP contribution < -0.4 is 10.0 Å². The largest absolute Gasteiger partial charge is 0.316 e. The van der Waals surface area contributed by atoms with Crippen LogP contribution in [0.25, 0.3) is 0 Å². The summed E-state index contributed by atoms with van der Waals surface area (Å²) in [6.07, 6.45) is 1.84. The Hall–Kier alpha value is -0.960. The molecule has 1 aliphatic rings. The monoisotopic (exact) mass is 346 g/mol. The van der Waals surface area contributed by atoms with Crippen LogP contribution in [0, 0.1) is 5.92 Å². The summed E-state index contributed by atoms with van der Waals surface area (Å²) in [5.41, 5.74) is 0. The number of sulfone groups is 1. The van der Waals surface area contributed by atoms with E-state index in [2.05, 4.69) is 10.0 Å². The zero-order chi connectivity index (χ0) is 16.2.